The van der Waals surface area contributed by atoms with Crippen LogP contribution in [0.4, 0.5) is 0 Å². The summed E-state index contributed by atoms with van der Waals surface area (Å²) in [6, 6.07) is 11.1. The molecule has 11 nitrogen and oxygen atoms in total. The number of carbonyl (C=O) groups excluding carboxylic acids is 1. The molecule has 1 fully saturated rings. The van der Waals surface area contributed by atoms with Crippen LogP contribution in [0.15, 0.2) is 52.2 Å². The highest BCUT2D eigenvalue weighted by atomic mass is 32.2. The van der Waals surface area contributed by atoms with Gasteiger partial charge in [-0.25, -0.2) is 13.4 Å². The van der Waals surface area contributed by atoms with Crippen molar-refractivity contribution in [3.05, 3.63) is 64.2 Å². The van der Waals surface area contributed by atoms with E-state index < -0.39 is 15.9 Å². The van der Waals surface area contributed by atoms with Crippen LogP contribution in [-0.4, -0.2) is 87.2 Å². The van der Waals surface area contributed by atoms with Crippen molar-refractivity contribution in [2.24, 2.45) is 0 Å². The first-order valence-corrected chi connectivity index (χ1v) is 12.8. The van der Waals surface area contributed by atoms with Crippen molar-refractivity contribution in [1.82, 2.24) is 19.2 Å². The smallest absolute Gasteiger partial charge is 0.258 e. The van der Waals surface area contributed by atoms with E-state index in [0.717, 1.165) is 0 Å². The number of hydrogen-bond donors (Lipinski definition) is 1. The van der Waals surface area contributed by atoms with Crippen molar-refractivity contribution < 1.29 is 27.4 Å². The molecule has 36 heavy (non-hydrogen) atoms. The molecule has 4 rings (SSSR count). The van der Waals surface area contributed by atoms with Crippen LogP contribution in [0.25, 0.3) is 10.9 Å². The molecule has 1 amide bonds. The molecule has 0 unspecified atom stereocenters. The van der Waals surface area contributed by atoms with E-state index in [2.05, 4.69) is 9.97 Å². The molecular formula is C24H28N4O7S. The Kier molecular flexibility index (Phi) is 7.99. The number of benzene rings is 2. The van der Waals surface area contributed by atoms with Gasteiger partial charge in [-0.1, -0.05) is 12.1 Å². The first-order chi connectivity index (χ1) is 17.3. The van der Waals surface area contributed by atoms with Crippen LogP contribution in [-0.2, 0) is 26.0 Å². The van der Waals surface area contributed by atoms with Gasteiger partial charge < -0.3 is 24.1 Å². The van der Waals surface area contributed by atoms with Crippen LogP contribution in [0.1, 0.15) is 16.2 Å². The molecule has 2 aromatic carbocycles. The lowest BCUT2D eigenvalue weighted by Crippen LogP contribution is -2.40. The van der Waals surface area contributed by atoms with Crippen molar-refractivity contribution in [1.29, 1.82) is 0 Å². The maximum absolute atomic E-state index is 13.7. The predicted octanol–water partition coefficient (Wildman–Crippen LogP) is 1.24. The number of para-hydroxylation sites is 1. The van der Waals surface area contributed by atoms with Crippen molar-refractivity contribution in [2.75, 3.05) is 53.7 Å². The summed E-state index contributed by atoms with van der Waals surface area (Å²) >= 11 is 0. The number of methoxy groups -OCH3 is 2. The summed E-state index contributed by atoms with van der Waals surface area (Å²) in [7, 11) is -0.916. The second-order valence-corrected chi connectivity index (χ2v) is 10.1. The van der Waals surface area contributed by atoms with Crippen LogP contribution >= 0.6 is 0 Å². The minimum Gasteiger partial charge on any atom is -0.496 e. The van der Waals surface area contributed by atoms with Gasteiger partial charge in [-0.3, -0.25) is 9.59 Å². The SMILES string of the molecule is COCCN(Cc1nc2ccccc2c(=O)[nH]1)C(=O)c1cc(S(=O)(=O)N2CCOCC2)ccc1OC. The molecule has 1 aliphatic heterocycles. The first-order valence-electron chi connectivity index (χ1n) is 11.4. The normalized spacial score (nSPS) is 14.6. The highest BCUT2D eigenvalue weighted by molar-refractivity contribution is 7.89. The second kappa shape index (κ2) is 11.2. The van der Waals surface area contributed by atoms with Crippen molar-refractivity contribution >= 4 is 26.8 Å². The fourth-order valence-electron chi connectivity index (χ4n) is 3.97. The summed E-state index contributed by atoms with van der Waals surface area (Å²) in [5, 5.41) is 0.443. The second-order valence-electron chi connectivity index (χ2n) is 8.13. The van der Waals surface area contributed by atoms with E-state index in [1.807, 2.05) is 0 Å². The molecule has 3 aromatic rings. The van der Waals surface area contributed by atoms with Gasteiger partial charge in [0.05, 0.1) is 54.8 Å². The third-order valence-electron chi connectivity index (χ3n) is 5.86. The predicted molar refractivity (Wildman–Crippen MR) is 132 cm³/mol. The number of ether oxygens (including phenoxy) is 3. The third-order valence-corrected chi connectivity index (χ3v) is 7.76. The van der Waals surface area contributed by atoms with Crippen molar-refractivity contribution in [2.45, 2.75) is 11.4 Å². The van der Waals surface area contributed by atoms with Gasteiger partial charge in [0.15, 0.2) is 0 Å². The first kappa shape index (κ1) is 25.8. The van der Waals surface area contributed by atoms with Crippen molar-refractivity contribution in [3.63, 3.8) is 0 Å². The molecule has 0 saturated carbocycles. The van der Waals surface area contributed by atoms with E-state index in [1.54, 1.807) is 24.3 Å². The van der Waals surface area contributed by atoms with Gasteiger partial charge in [-0.15, -0.1) is 0 Å². The maximum Gasteiger partial charge on any atom is 0.258 e. The Balaban J connectivity index is 1.69. The lowest BCUT2D eigenvalue weighted by molar-refractivity contribution is 0.0671. The monoisotopic (exact) mass is 516 g/mol. The Labute approximate surface area is 208 Å². The Bertz CT molecular complexity index is 1400. The molecule has 192 valence electrons. The molecule has 0 radical (unpaired) electrons. The molecule has 1 N–H and O–H groups in total. The summed E-state index contributed by atoms with van der Waals surface area (Å²) in [6.45, 7) is 1.46. The van der Waals surface area contributed by atoms with Gasteiger partial charge in [0.2, 0.25) is 10.0 Å². The zero-order valence-corrected chi connectivity index (χ0v) is 20.9. The maximum atomic E-state index is 13.7. The van der Waals surface area contributed by atoms with Crippen LogP contribution in [0.2, 0.25) is 0 Å². The van der Waals surface area contributed by atoms with Gasteiger partial charge >= 0.3 is 0 Å². The molecule has 1 aliphatic rings. The highest BCUT2D eigenvalue weighted by Crippen LogP contribution is 2.27. The topological polar surface area (TPSA) is 131 Å². The van der Waals surface area contributed by atoms with Gasteiger partial charge in [0, 0.05) is 26.7 Å². The largest absolute Gasteiger partial charge is 0.496 e. The van der Waals surface area contributed by atoms with E-state index in [4.69, 9.17) is 14.2 Å². The van der Waals surface area contributed by atoms with E-state index >= 15 is 0 Å². The average Bonchev–Trinajstić information content (AvgIpc) is 2.90. The molecule has 12 heteroatoms. The number of sulfonamides is 1. The minimum absolute atomic E-state index is 0.0162. The number of aromatic nitrogens is 2. The van der Waals surface area contributed by atoms with E-state index in [0.29, 0.717) is 29.9 Å². The molecule has 0 atom stereocenters. The molecule has 1 aromatic heterocycles. The quantitative estimate of drug-likeness (QED) is 0.450. The summed E-state index contributed by atoms with van der Waals surface area (Å²) < 4.78 is 43.5. The number of hydrogen-bond acceptors (Lipinski definition) is 8. The summed E-state index contributed by atoms with van der Waals surface area (Å²) in [6.07, 6.45) is 0. The highest BCUT2D eigenvalue weighted by Gasteiger charge is 2.29. The Morgan fingerprint density at radius 1 is 1.17 bits per heavy atom. The Hall–Kier alpha value is -3.32. The molecule has 2 heterocycles. The fourth-order valence-corrected chi connectivity index (χ4v) is 5.40. The zero-order valence-electron chi connectivity index (χ0n) is 20.1. The number of rotatable bonds is 9. The standard InChI is InChI=1S/C24H28N4O7S/c1-33-12-9-27(16-22-25-20-6-4-3-5-18(20)23(29)26-22)24(30)19-15-17(7-8-21(19)34-2)36(31,32)28-10-13-35-14-11-28/h3-8,15H,9-14,16H2,1-2H3,(H,25,26,29). The van der Waals surface area contributed by atoms with Crippen molar-refractivity contribution in [3.8, 4) is 5.75 Å². The lowest BCUT2D eigenvalue weighted by Gasteiger charge is -2.27. The molecular weight excluding hydrogens is 488 g/mol. The molecule has 0 bridgehead atoms. The summed E-state index contributed by atoms with van der Waals surface area (Å²) in [5.41, 5.74) is 0.267. The van der Waals surface area contributed by atoms with E-state index in [1.165, 1.54) is 41.6 Å². The molecule has 1 saturated heterocycles. The zero-order chi connectivity index (χ0) is 25.7. The Morgan fingerprint density at radius 2 is 1.92 bits per heavy atom. The van der Waals surface area contributed by atoms with E-state index in [-0.39, 0.29) is 54.6 Å². The van der Waals surface area contributed by atoms with Crippen LogP contribution in [0.3, 0.4) is 0 Å². The number of carbonyl (C=O) groups is 1. The van der Waals surface area contributed by atoms with Gasteiger partial charge in [0.25, 0.3) is 11.5 Å². The number of H-pyrrole nitrogens is 1. The number of fused-ring (bicyclic) bond motifs is 1. The van der Waals surface area contributed by atoms with Crippen LogP contribution in [0.5, 0.6) is 5.75 Å². The lowest BCUT2D eigenvalue weighted by atomic mass is 10.1. The summed E-state index contributed by atoms with van der Waals surface area (Å²) in [4.78, 5) is 34.8. The Morgan fingerprint density at radius 3 is 2.64 bits per heavy atom. The molecule has 0 aliphatic carbocycles. The average molecular weight is 517 g/mol. The number of amides is 1. The fraction of sp³-hybridized carbons (Fsp3) is 0.375. The van der Waals surface area contributed by atoms with Crippen LogP contribution in [0, 0.1) is 0 Å². The summed E-state index contributed by atoms with van der Waals surface area (Å²) in [5.74, 6) is 0.0289. The molecule has 0 spiro atoms. The number of nitrogens with zero attached hydrogens (tertiary/aromatic N) is 3. The van der Waals surface area contributed by atoms with Gasteiger partial charge in [-0.2, -0.15) is 4.31 Å². The van der Waals surface area contributed by atoms with E-state index in [9.17, 15) is 18.0 Å². The number of aromatic amines is 1. The number of morpholine rings is 1. The van der Waals surface area contributed by atoms with Gasteiger partial charge in [-0.05, 0) is 30.3 Å². The number of nitrogens with one attached hydrogen (secondary N) is 1. The minimum atomic E-state index is -3.83. The van der Waals surface area contributed by atoms with Gasteiger partial charge in [0.1, 0.15) is 11.6 Å². The third kappa shape index (κ3) is 5.41. The van der Waals surface area contributed by atoms with Crippen LogP contribution < -0.4 is 10.3 Å².